The van der Waals surface area contributed by atoms with Crippen LogP contribution in [0, 0.1) is 0 Å². The van der Waals surface area contributed by atoms with Gasteiger partial charge in [0.2, 0.25) is 0 Å². The molecule has 1 aromatic heterocycles. The van der Waals surface area contributed by atoms with Gasteiger partial charge in [-0.1, -0.05) is 49.4 Å². The van der Waals surface area contributed by atoms with Gasteiger partial charge in [-0.05, 0) is 35.7 Å². The lowest BCUT2D eigenvalue weighted by Gasteiger charge is -2.38. The zero-order chi connectivity index (χ0) is 18.8. The van der Waals surface area contributed by atoms with E-state index in [0.717, 1.165) is 10.6 Å². The first-order valence-electron chi connectivity index (χ1n) is 9.11. The summed E-state index contributed by atoms with van der Waals surface area (Å²) in [6.45, 7) is 5.56. The van der Waals surface area contributed by atoms with E-state index in [-0.39, 0.29) is 18.7 Å². The molecule has 2 aromatic carbocycles. The van der Waals surface area contributed by atoms with Gasteiger partial charge >= 0.3 is 5.97 Å². The Labute approximate surface area is 162 Å². The first-order valence-corrected chi connectivity index (χ1v) is 9.93. The van der Waals surface area contributed by atoms with Crippen LogP contribution < -0.4 is 9.64 Å². The highest BCUT2D eigenvalue weighted by molar-refractivity contribution is 7.22. The number of benzene rings is 2. The summed E-state index contributed by atoms with van der Waals surface area (Å²) in [4.78, 5) is 18.8. The average molecular weight is 382 g/mol. The molecule has 0 radical (unpaired) electrons. The third kappa shape index (κ3) is 4.06. The number of thiazole rings is 1. The van der Waals surface area contributed by atoms with E-state index >= 15 is 0 Å². The lowest BCUT2D eigenvalue weighted by Crippen LogP contribution is -2.53. The van der Waals surface area contributed by atoms with Gasteiger partial charge in [0.25, 0.3) is 0 Å². The number of aromatic nitrogens is 1. The Morgan fingerprint density at radius 2 is 1.93 bits per heavy atom. The van der Waals surface area contributed by atoms with Crippen molar-refractivity contribution in [2.45, 2.75) is 25.9 Å². The molecule has 0 atom stereocenters. The Hall–Kier alpha value is -2.60. The molecule has 1 aliphatic rings. The zero-order valence-corrected chi connectivity index (χ0v) is 16.2. The van der Waals surface area contributed by atoms with E-state index in [2.05, 4.69) is 29.8 Å². The molecule has 4 rings (SSSR count). The van der Waals surface area contributed by atoms with Crippen LogP contribution in [-0.2, 0) is 9.53 Å². The van der Waals surface area contributed by atoms with Gasteiger partial charge in [0.05, 0.1) is 23.3 Å². The highest BCUT2D eigenvalue weighted by Gasteiger charge is 2.32. The maximum atomic E-state index is 12.0. The van der Waals surface area contributed by atoms with E-state index in [1.54, 1.807) is 11.3 Å². The minimum absolute atomic E-state index is 0.0708. The Bertz CT molecular complexity index is 897. The number of carbonyl (C=O) groups is 1. The molecule has 1 saturated heterocycles. The van der Waals surface area contributed by atoms with Gasteiger partial charge in [-0.25, -0.2) is 9.78 Å². The number of nitrogens with zero attached hydrogens (tertiary/aromatic N) is 2. The third-order valence-electron chi connectivity index (χ3n) is 4.60. The minimum atomic E-state index is -0.336. The number of anilines is 1. The summed E-state index contributed by atoms with van der Waals surface area (Å²) in [5.41, 5.74) is 2.25. The van der Waals surface area contributed by atoms with Crippen LogP contribution in [0.2, 0.25) is 0 Å². The molecule has 0 unspecified atom stereocenters. The summed E-state index contributed by atoms with van der Waals surface area (Å²) in [5, 5.41) is 0.977. The zero-order valence-electron chi connectivity index (χ0n) is 15.4. The third-order valence-corrected chi connectivity index (χ3v) is 5.70. The van der Waals surface area contributed by atoms with Gasteiger partial charge in [-0.3, -0.25) is 0 Å². The smallest absolute Gasteiger partial charge is 0.344 e. The van der Waals surface area contributed by atoms with Crippen molar-refractivity contribution in [2.24, 2.45) is 0 Å². The van der Waals surface area contributed by atoms with Gasteiger partial charge in [-0.15, -0.1) is 0 Å². The fourth-order valence-corrected chi connectivity index (χ4v) is 3.96. The summed E-state index contributed by atoms with van der Waals surface area (Å²) in [7, 11) is 0. The average Bonchev–Trinajstić information content (AvgIpc) is 3.06. The van der Waals surface area contributed by atoms with Gasteiger partial charge in [0.1, 0.15) is 11.9 Å². The van der Waals surface area contributed by atoms with Gasteiger partial charge in [0, 0.05) is 0 Å². The molecule has 0 N–H and O–H groups in total. The molecule has 0 spiro atoms. The Kier molecular flexibility index (Phi) is 4.99. The molecule has 0 bridgehead atoms. The summed E-state index contributed by atoms with van der Waals surface area (Å²) < 4.78 is 12.2. The molecule has 140 valence electrons. The van der Waals surface area contributed by atoms with Crippen molar-refractivity contribution in [1.29, 1.82) is 0 Å². The van der Waals surface area contributed by atoms with Gasteiger partial charge in [0.15, 0.2) is 11.7 Å². The Morgan fingerprint density at radius 3 is 2.63 bits per heavy atom. The maximum absolute atomic E-state index is 12.0. The molecule has 0 saturated carbocycles. The van der Waals surface area contributed by atoms with Crippen LogP contribution in [0.4, 0.5) is 5.13 Å². The van der Waals surface area contributed by atoms with Gasteiger partial charge in [-0.2, -0.15) is 0 Å². The maximum Gasteiger partial charge on any atom is 0.344 e. The topological polar surface area (TPSA) is 51.7 Å². The highest BCUT2D eigenvalue weighted by Crippen LogP contribution is 2.31. The van der Waals surface area contributed by atoms with Crippen molar-refractivity contribution in [2.75, 3.05) is 24.6 Å². The van der Waals surface area contributed by atoms with Crippen LogP contribution >= 0.6 is 11.3 Å². The summed E-state index contributed by atoms with van der Waals surface area (Å²) in [6.07, 6.45) is -0.101. The van der Waals surface area contributed by atoms with E-state index in [1.807, 2.05) is 42.5 Å². The number of fused-ring (bicyclic) bond motifs is 1. The molecule has 6 heteroatoms. The lowest BCUT2D eigenvalue weighted by atomic mass is 10.0. The molecule has 0 amide bonds. The largest absolute Gasteiger partial charge is 0.482 e. The number of esters is 1. The molecule has 1 aliphatic heterocycles. The summed E-state index contributed by atoms with van der Waals surface area (Å²) in [6, 6.07) is 15.9. The molecule has 2 heterocycles. The van der Waals surface area contributed by atoms with Crippen molar-refractivity contribution >= 4 is 32.7 Å². The first kappa shape index (κ1) is 17.8. The van der Waals surface area contributed by atoms with E-state index in [4.69, 9.17) is 9.47 Å². The molecule has 0 aliphatic carbocycles. The van der Waals surface area contributed by atoms with Crippen molar-refractivity contribution in [3.8, 4) is 5.75 Å². The second-order valence-corrected chi connectivity index (χ2v) is 8.00. The van der Waals surface area contributed by atoms with Crippen molar-refractivity contribution in [3.05, 3.63) is 54.1 Å². The first-order chi connectivity index (χ1) is 13.1. The minimum Gasteiger partial charge on any atom is -0.482 e. The highest BCUT2D eigenvalue weighted by atomic mass is 32.1. The number of hydrogen-bond acceptors (Lipinski definition) is 6. The van der Waals surface area contributed by atoms with Crippen LogP contribution in [-0.4, -0.2) is 36.8 Å². The molecule has 5 nitrogen and oxygen atoms in total. The molecule has 3 aromatic rings. The van der Waals surface area contributed by atoms with Crippen LogP contribution in [0.5, 0.6) is 5.75 Å². The van der Waals surface area contributed by atoms with Crippen molar-refractivity contribution in [3.63, 3.8) is 0 Å². The Morgan fingerprint density at radius 1 is 1.19 bits per heavy atom. The fourth-order valence-electron chi connectivity index (χ4n) is 2.98. The van der Waals surface area contributed by atoms with E-state index in [9.17, 15) is 4.79 Å². The standard InChI is InChI=1S/C21H22N2O3S/c1-14(2)15-7-9-16(10-8-15)25-13-20(24)26-17-11-23(12-17)21-22-18-5-3-4-6-19(18)27-21/h3-10,14,17H,11-13H2,1-2H3. The van der Waals surface area contributed by atoms with E-state index in [1.165, 1.54) is 10.3 Å². The normalized spacial score (nSPS) is 14.4. The number of carbonyl (C=O) groups excluding carboxylic acids is 1. The van der Waals surface area contributed by atoms with E-state index in [0.29, 0.717) is 24.8 Å². The summed E-state index contributed by atoms with van der Waals surface area (Å²) >= 11 is 1.66. The van der Waals surface area contributed by atoms with Crippen LogP contribution in [0.25, 0.3) is 10.2 Å². The molecule has 1 fully saturated rings. The quantitative estimate of drug-likeness (QED) is 0.597. The van der Waals surface area contributed by atoms with E-state index < -0.39 is 0 Å². The second kappa shape index (κ2) is 7.56. The van der Waals surface area contributed by atoms with Crippen molar-refractivity contribution < 1.29 is 14.3 Å². The Balaban J connectivity index is 1.23. The number of hydrogen-bond donors (Lipinski definition) is 0. The molecular formula is C21H22N2O3S. The predicted octanol–water partition coefficient (Wildman–Crippen LogP) is 4.23. The van der Waals surface area contributed by atoms with Crippen LogP contribution in [0.3, 0.4) is 0 Å². The van der Waals surface area contributed by atoms with Crippen LogP contribution in [0.15, 0.2) is 48.5 Å². The van der Waals surface area contributed by atoms with Gasteiger partial charge < -0.3 is 14.4 Å². The fraction of sp³-hybridized carbons (Fsp3) is 0.333. The molecular weight excluding hydrogens is 360 g/mol. The number of para-hydroxylation sites is 1. The monoisotopic (exact) mass is 382 g/mol. The summed E-state index contributed by atoms with van der Waals surface area (Å²) in [5.74, 6) is 0.818. The SMILES string of the molecule is CC(C)c1ccc(OCC(=O)OC2CN(c3nc4ccccc4s3)C2)cc1. The van der Waals surface area contributed by atoms with Crippen molar-refractivity contribution in [1.82, 2.24) is 4.98 Å². The number of rotatable bonds is 6. The number of ether oxygens (including phenoxy) is 2. The molecule has 27 heavy (non-hydrogen) atoms. The lowest BCUT2D eigenvalue weighted by molar-refractivity contribution is -0.152. The predicted molar refractivity (Wildman–Crippen MR) is 108 cm³/mol. The second-order valence-electron chi connectivity index (χ2n) is 6.99. The van der Waals surface area contributed by atoms with Crippen LogP contribution in [0.1, 0.15) is 25.3 Å².